The van der Waals surface area contributed by atoms with E-state index in [1.807, 2.05) is 0 Å². The van der Waals surface area contributed by atoms with Gasteiger partial charge in [0.25, 0.3) is 0 Å². The molecular formula is C14H12ClF2NO. The van der Waals surface area contributed by atoms with Gasteiger partial charge in [0.1, 0.15) is 17.4 Å². The fourth-order valence-electron chi connectivity index (χ4n) is 1.78. The molecule has 2 aromatic rings. The average molecular weight is 284 g/mol. The maximum Gasteiger partial charge on any atom is 0.147 e. The molecular weight excluding hydrogens is 272 g/mol. The molecule has 0 saturated carbocycles. The Bertz CT molecular complexity index is 604. The maximum absolute atomic E-state index is 13.7. The van der Waals surface area contributed by atoms with Crippen molar-refractivity contribution in [1.29, 1.82) is 0 Å². The Labute approximate surface area is 114 Å². The Hall–Kier alpha value is -1.81. The summed E-state index contributed by atoms with van der Waals surface area (Å²) >= 11 is 5.66. The van der Waals surface area contributed by atoms with Gasteiger partial charge in [0.05, 0.1) is 11.7 Å². The smallest absolute Gasteiger partial charge is 0.147 e. The highest BCUT2D eigenvalue weighted by Gasteiger charge is 2.13. The van der Waals surface area contributed by atoms with E-state index in [1.54, 1.807) is 13.0 Å². The minimum absolute atomic E-state index is 0.147. The standard InChI is InChI=1S/C14H12ClF2NO/c1-8(11-4-3-10(19)7-12(11)16)18-14-5-2-9(15)6-13(14)17/h2-8,18-19H,1H3. The molecule has 0 saturated heterocycles. The van der Waals surface area contributed by atoms with Crippen LogP contribution in [-0.2, 0) is 0 Å². The number of halogens is 3. The number of rotatable bonds is 3. The van der Waals surface area contributed by atoms with E-state index in [2.05, 4.69) is 5.32 Å². The van der Waals surface area contributed by atoms with Gasteiger partial charge in [-0.3, -0.25) is 0 Å². The van der Waals surface area contributed by atoms with Crippen LogP contribution in [0.5, 0.6) is 5.75 Å². The molecule has 19 heavy (non-hydrogen) atoms. The third kappa shape index (κ3) is 3.15. The van der Waals surface area contributed by atoms with Gasteiger partial charge in [-0.15, -0.1) is 0 Å². The molecule has 2 aromatic carbocycles. The molecule has 100 valence electrons. The van der Waals surface area contributed by atoms with Crippen LogP contribution < -0.4 is 5.32 Å². The van der Waals surface area contributed by atoms with Gasteiger partial charge in [0.15, 0.2) is 0 Å². The maximum atomic E-state index is 13.7. The highest BCUT2D eigenvalue weighted by Crippen LogP contribution is 2.26. The average Bonchev–Trinajstić information content (AvgIpc) is 2.32. The Morgan fingerprint density at radius 1 is 1.11 bits per heavy atom. The summed E-state index contributed by atoms with van der Waals surface area (Å²) in [5, 5.41) is 12.3. The third-order valence-electron chi connectivity index (χ3n) is 2.75. The number of hydrogen-bond acceptors (Lipinski definition) is 2. The molecule has 2 N–H and O–H groups in total. The Balaban J connectivity index is 2.23. The van der Waals surface area contributed by atoms with Crippen molar-refractivity contribution >= 4 is 17.3 Å². The van der Waals surface area contributed by atoms with E-state index in [0.29, 0.717) is 10.6 Å². The summed E-state index contributed by atoms with van der Waals surface area (Å²) in [5.74, 6) is -1.20. The highest BCUT2D eigenvalue weighted by molar-refractivity contribution is 6.30. The summed E-state index contributed by atoms with van der Waals surface area (Å²) in [5.41, 5.74) is 0.580. The molecule has 0 fully saturated rings. The number of aromatic hydroxyl groups is 1. The summed E-state index contributed by atoms with van der Waals surface area (Å²) in [6.07, 6.45) is 0. The van der Waals surface area contributed by atoms with Crippen LogP contribution in [0.4, 0.5) is 14.5 Å². The van der Waals surface area contributed by atoms with Gasteiger partial charge in [0.2, 0.25) is 0 Å². The first-order valence-electron chi connectivity index (χ1n) is 5.67. The summed E-state index contributed by atoms with van der Waals surface area (Å²) < 4.78 is 27.3. The lowest BCUT2D eigenvalue weighted by Crippen LogP contribution is -2.09. The zero-order valence-electron chi connectivity index (χ0n) is 10.1. The van der Waals surface area contributed by atoms with Crippen LogP contribution in [-0.4, -0.2) is 5.11 Å². The second-order valence-corrected chi connectivity index (χ2v) is 4.63. The second-order valence-electron chi connectivity index (χ2n) is 4.20. The van der Waals surface area contributed by atoms with Crippen molar-refractivity contribution in [2.75, 3.05) is 5.32 Å². The van der Waals surface area contributed by atoms with Gasteiger partial charge in [-0.1, -0.05) is 17.7 Å². The lowest BCUT2D eigenvalue weighted by Gasteiger charge is -2.17. The van der Waals surface area contributed by atoms with Crippen molar-refractivity contribution in [1.82, 2.24) is 0 Å². The van der Waals surface area contributed by atoms with Crippen molar-refractivity contribution in [3.8, 4) is 5.75 Å². The lowest BCUT2D eigenvalue weighted by atomic mass is 10.1. The zero-order chi connectivity index (χ0) is 14.0. The van der Waals surface area contributed by atoms with Crippen molar-refractivity contribution in [3.05, 3.63) is 58.6 Å². The summed E-state index contributed by atoms with van der Waals surface area (Å²) in [7, 11) is 0. The van der Waals surface area contributed by atoms with Crippen LogP contribution in [0.2, 0.25) is 5.02 Å². The predicted molar refractivity (Wildman–Crippen MR) is 71.5 cm³/mol. The minimum atomic E-state index is -0.547. The normalized spacial score (nSPS) is 12.2. The first kappa shape index (κ1) is 13.6. The van der Waals surface area contributed by atoms with Crippen molar-refractivity contribution in [2.45, 2.75) is 13.0 Å². The molecule has 0 aliphatic carbocycles. The first-order valence-corrected chi connectivity index (χ1v) is 6.05. The van der Waals surface area contributed by atoms with Crippen molar-refractivity contribution in [3.63, 3.8) is 0 Å². The summed E-state index contributed by atoms with van der Waals surface area (Å²) in [6, 6.07) is 7.64. The van der Waals surface area contributed by atoms with Crippen LogP contribution in [0.15, 0.2) is 36.4 Å². The molecule has 2 nitrogen and oxygen atoms in total. The number of anilines is 1. The summed E-state index contributed by atoms with van der Waals surface area (Å²) in [6.45, 7) is 1.70. The van der Waals surface area contributed by atoms with E-state index < -0.39 is 17.7 Å². The van der Waals surface area contributed by atoms with Crippen molar-refractivity contribution < 1.29 is 13.9 Å². The van der Waals surface area contributed by atoms with E-state index in [4.69, 9.17) is 16.7 Å². The zero-order valence-corrected chi connectivity index (χ0v) is 10.9. The van der Waals surface area contributed by atoms with Crippen LogP contribution in [0.1, 0.15) is 18.5 Å². The van der Waals surface area contributed by atoms with Crippen LogP contribution in [0.3, 0.4) is 0 Å². The largest absolute Gasteiger partial charge is 0.508 e. The molecule has 1 unspecified atom stereocenters. The molecule has 0 aromatic heterocycles. The molecule has 1 atom stereocenters. The number of phenolic OH excluding ortho intramolecular Hbond substituents is 1. The Morgan fingerprint density at radius 3 is 2.47 bits per heavy atom. The fraction of sp³-hybridized carbons (Fsp3) is 0.143. The van der Waals surface area contributed by atoms with E-state index in [-0.39, 0.29) is 11.4 Å². The van der Waals surface area contributed by atoms with Crippen molar-refractivity contribution in [2.24, 2.45) is 0 Å². The van der Waals surface area contributed by atoms with Crippen LogP contribution in [0, 0.1) is 11.6 Å². The van der Waals surface area contributed by atoms with Gasteiger partial charge < -0.3 is 10.4 Å². The molecule has 0 heterocycles. The van der Waals surface area contributed by atoms with Crippen LogP contribution >= 0.6 is 11.6 Å². The third-order valence-corrected chi connectivity index (χ3v) is 2.99. The predicted octanol–water partition coefficient (Wildman–Crippen LogP) is 4.50. The van der Waals surface area contributed by atoms with Gasteiger partial charge in [0, 0.05) is 16.7 Å². The van der Waals surface area contributed by atoms with E-state index in [9.17, 15) is 8.78 Å². The fourth-order valence-corrected chi connectivity index (χ4v) is 1.94. The van der Waals surface area contributed by atoms with E-state index >= 15 is 0 Å². The topological polar surface area (TPSA) is 32.3 Å². The Kier molecular flexibility index (Phi) is 3.90. The minimum Gasteiger partial charge on any atom is -0.508 e. The van der Waals surface area contributed by atoms with Gasteiger partial charge in [-0.2, -0.15) is 0 Å². The Morgan fingerprint density at radius 2 is 1.84 bits per heavy atom. The molecule has 0 bridgehead atoms. The van der Waals surface area contributed by atoms with Gasteiger partial charge in [-0.05, 0) is 31.2 Å². The summed E-state index contributed by atoms with van der Waals surface area (Å²) in [4.78, 5) is 0. The quantitative estimate of drug-likeness (QED) is 0.869. The molecule has 0 aliphatic rings. The molecule has 0 aliphatic heterocycles. The molecule has 0 radical (unpaired) electrons. The number of nitrogens with one attached hydrogen (secondary N) is 1. The highest BCUT2D eigenvalue weighted by atomic mass is 35.5. The van der Waals surface area contributed by atoms with E-state index in [1.165, 1.54) is 24.3 Å². The van der Waals surface area contributed by atoms with Gasteiger partial charge >= 0.3 is 0 Å². The monoisotopic (exact) mass is 283 g/mol. The number of phenols is 1. The first-order chi connectivity index (χ1) is 8.97. The van der Waals surface area contributed by atoms with Gasteiger partial charge in [-0.25, -0.2) is 8.78 Å². The molecule has 0 spiro atoms. The molecule has 0 amide bonds. The second kappa shape index (κ2) is 5.45. The molecule has 5 heteroatoms. The molecule has 2 rings (SSSR count). The van der Waals surface area contributed by atoms with E-state index in [0.717, 1.165) is 6.07 Å². The number of benzene rings is 2. The lowest BCUT2D eigenvalue weighted by molar-refractivity contribution is 0.467. The van der Waals surface area contributed by atoms with Crippen LogP contribution in [0.25, 0.3) is 0 Å². The SMILES string of the molecule is CC(Nc1ccc(Cl)cc1F)c1ccc(O)cc1F. The number of hydrogen-bond donors (Lipinski definition) is 2.